The largest absolute Gasteiger partial charge is 0.313 e. The number of nitrogens with zero attached hydrogens (tertiary/aromatic N) is 1. The molecule has 1 N–H and O–H groups in total. The first kappa shape index (κ1) is 14.0. The second kappa shape index (κ2) is 8.08. The summed E-state index contributed by atoms with van der Waals surface area (Å²) in [7, 11) is 0. The van der Waals surface area contributed by atoms with Crippen molar-refractivity contribution in [2.75, 3.05) is 19.6 Å². The second-order valence-electron chi connectivity index (χ2n) is 5.26. The summed E-state index contributed by atoms with van der Waals surface area (Å²) in [6, 6.07) is 1.62. The molecule has 96 valence electrons. The first-order valence-corrected chi connectivity index (χ1v) is 7.25. The Labute approximate surface area is 102 Å². The maximum absolute atomic E-state index is 3.63. The molecule has 1 fully saturated rings. The molecule has 2 heteroatoms. The molecule has 16 heavy (non-hydrogen) atoms. The maximum atomic E-state index is 3.63. The van der Waals surface area contributed by atoms with E-state index in [0.29, 0.717) is 6.04 Å². The minimum atomic E-state index is 0.692. The van der Waals surface area contributed by atoms with E-state index in [9.17, 15) is 0 Å². The Morgan fingerprint density at radius 1 is 1.19 bits per heavy atom. The van der Waals surface area contributed by atoms with E-state index in [4.69, 9.17) is 0 Å². The number of unbranched alkanes of at least 4 members (excludes halogenated alkanes) is 1. The molecule has 2 nitrogen and oxygen atoms in total. The molecular formula is C14H30N2. The molecule has 1 rings (SSSR count). The van der Waals surface area contributed by atoms with Gasteiger partial charge >= 0.3 is 0 Å². The quantitative estimate of drug-likeness (QED) is 0.616. The van der Waals surface area contributed by atoms with Crippen LogP contribution < -0.4 is 5.32 Å². The van der Waals surface area contributed by atoms with E-state index in [1.807, 2.05) is 0 Å². The van der Waals surface area contributed by atoms with E-state index in [1.165, 1.54) is 58.2 Å². The lowest BCUT2D eigenvalue weighted by Gasteiger charge is -2.23. The predicted molar refractivity (Wildman–Crippen MR) is 71.9 cm³/mol. The van der Waals surface area contributed by atoms with Crippen molar-refractivity contribution in [2.24, 2.45) is 0 Å². The fraction of sp³-hybridized carbons (Fsp3) is 1.00. The summed E-state index contributed by atoms with van der Waals surface area (Å²) in [5.74, 6) is 0. The summed E-state index contributed by atoms with van der Waals surface area (Å²) in [4.78, 5) is 2.69. The molecule has 0 aromatic rings. The van der Waals surface area contributed by atoms with Gasteiger partial charge in [-0.3, -0.25) is 4.90 Å². The van der Waals surface area contributed by atoms with Crippen LogP contribution in [0.25, 0.3) is 0 Å². The molecule has 1 aliphatic carbocycles. The van der Waals surface area contributed by atoms with E-state index in [2.05, 4.69) is 31.0 Å². The van der Waals surface area contributed by atoms with Gasteiger partial charge in [0.15, 0.2) is 0 Å². The smallest absolute Gasteiger partial charge is 0.0110 e. The van der Waals surface area contributed by atoms with Crippen LogP contribution in [0, 0.1) is 0 Å². The molecule has 0 radical (unpaired) electrons. The number of hydrogen-bond donors (Lipinski definition) is 1. The van der Waals surface area contributed by atoms with Crippen LogP contribution in [0.4, 0.5) is 0 Å². The van der Waals surface area contributed by atoms with Crippen LogP contribution >= 0.6 is 0 Å². The summed E-state index contributed by atoms with van der Waals surface area (Å²) in [5.41, 5.74) is 0. The van der Waals surface area contributed by atoms with E-state index in [-0.39, 0.29) is 0 Å². The molecule has 0 aliphatic heterocycles. The summed E-state index contributed by atoms with van der Waals surface area (Å²) >= 11 is 0. The molecule has 0 saturated heterocycles. The first-order valence-electron chi connectivity index (χ1n) is 7.25. The first-order chi connectivity index (χ1) is 7.77. The van der Waals surface area contributed by atoms with Crippen molar-refractivity contribution in [3.05, 3.63) is 0 Å². The van der Waals surface area contributed by atoms with Crippen LogP contribution in [0.5, 0.6) is 0 Å². The zero-order chi connectivity index (χ0) is 11.8. The molecule has 1 atom stereocenters. The van der Waals surface area contributed by atoms with Crippen molar-refractivity contribution in [3.8, 4) is 0 Å². The highest BCUT2D eigenvalue weighted by atomic mass is 15.2. The Balaban J connectivity index is 2.07. The summed E-state index contributed by atoms with van der Waals surface area (Å²) in [6.45, 7) is 10.6. The fourth-order valence-corrected chi connectivity index (χ4v) is 2.27. The number of hydrogen-bond acceptors (Lipinski definition) is 2. The minimum Gasteiger partial charge on any atom is -0.313 e. The minimum absolute atomic E-state index is 0.692. The molecule has 0 spiro atoms. The van der Waals surface area contributed by atoms with Gasteiger partial charge < -0.3 is 5.32 Å². The Morgan fingerprint density at radius 3 is 2.50 bits per heavy atom. The Hall–Kier alpha value is -0.0800. The zero-order valence-electron chi connectivity index (χ0n) is 11.5. The van der Waals surface area contributed by atoms with Crippen LogP contribution in [-0.4, -0.2) is 36.6 Å². The Morgan fingerprint density at radius 2 is 1.94 bits per heavy atom. The highest BCUT2D eigenvalue weighted by Gasteiger charge is 2.27. The Kier molecular flexibility index (Phi) is 7.06. The van der Waals surface area contributed by atoms with E-state index in [0.717, 1.165) is 6.04 Å². The van der Waals surface area contributed by atoms with E-state index < -0.39 is 0 Å². The van der Waals surface area contributed by atoms with Crippen molar-refractivity contribution < 1.29 is 0 Å². The van der Waals surface area contributed by atoms with E-state index >= 15 is 0 Å². The summed E-state index contributed by atoms with van der Waals surface area (Å²) in [5, 5.41) is 3.63. The van der Waals surface area contributed by atoms with Gasteiger partial charge in [-0.2, -0.15) is 0 Å². The normalized spacial score (nSPS) is 18.0. The van der Waals surface area contributed by atoms with Gasteiger partial charge in [0.25, 0.3) is 0 Å². The molecule has 1 aliphatic rings. The second-order valence-corrected chi connectivity index (χ2v) is 5.26. The van der Waals surface area contributed by atoms with Crippen LogP contribution in [0.3, 0.4) is 0 Å². The Bertz CT molecular complexity index is 166. The standard InChI is InChI=1S/C14H30N2/c1-4-6-11-16(14-8-9-14)12-10-15-13(3)7-5-2/h13-15H,4-12H2,1-3H3. The molecule has 0 heterocycles. The van der Waals surface area contributed by atoms with Crippen LogP contribution in [-0.2, 0) is 0 Å². The lowest BCUT2D eigenvalue weighted by molar-refractivity contribution is 0.255. The van der Waals surface area contributed by atoms with Gasteiger partial charge in [0.1, 0.15) is 0 Å². The highest BCUT2D eigenvalue weighted by molar-refractivity contribution is 4.84. The van der Waals surface area contributed by atoms with Gasteiger partial charge in [-0.15, -0.1) is 0 Å². The van der Waals surface area contributed by atoms with Crippen molar-refractivity contribution in [1.82, 2.24) is 10.2 Å². The van der Waals surface area contributed by atoms with Crippen molar-refractivity contribution in [3.63, 3.8) is 0 Å². The van der Waals surface area contributed by atoms with Gasteiger partial charge in [-0.05, 0) is 39.2 Å². The summed E-state index contributed by atoms with van der Waals surface area (Å²) in [6.07, 6.45) is 8.15. The fourth-order valence-electron chi connectivity index (χ4n) is 2.27. The SMILES string of the molecule is CCCCN(CCNC(C)CCC)C1CC1. The van der Waals surface area contributed by atoms with Gasteiger partial charge in [-0.25, -0.2) is 0 Å². The zero-order valence-corrected chi connectivity index (χ0v) is 11.5. The molecule has 0 aromatic carbocycles. The van der Waals surface area contributed by atoms with Crippen LogP contribution in [0.1, 0.15) is 59.3 Å². The molecule has 1 saturated carbocycles. The van der Waals surface area contributed by atoms with Crippen LogP contribution in [0.2, 0.25) is 0 Å². The maximum Gasteiger partial charge on any atom is 0.0110 e. The molecule has 0 bridgehead atoms. The molecule has 0 amide bonds. The lowest BCUT2D eigenvalue weighted by Crippen LogP contribution is -2.37. The highest BCUT2D eigenvalue weighted by Crippen LogP contribution is 2.26. The topological polar surface area (TPSA) is 15.3 Å². The average molecular weight is 226 g/mol. The molecule has 0 aromatic heterocycles. The van der Waals surface area contributed by atoms with Gasteiger partial charge in [-0.1, -0.05) is 26.7 Å². The van der Waals surface area contributed by atoms with Gasteiger partial charge in [0.05, 0.1) is 0 Å². The van der Waals surface area contributed by atoms with Crippen molar-refractivity contribution in [2.45, 2.75) is 71.4 Å². The lowest BCUT2D eigenvalue weighted by atomic mass is 10.2. The van der Waals surface area contributed by atoms with Crippen molar-refractivity contribution in [1.29, 1.82) is 0 Å². The molecular weight excluding hydrogens is 196 g/mol. The summed E-state index contributed by atoms with van der Waals surface area (Å²) < 4.78 is 0. The third kappa shape index (κ3) is 5.86. The third-order valence-electron chi connectivity index (χ3n) is 3.48. The molecule has 1 unspecified atom stereocenters. The van der Waals surface area contributed by atoms with Gasteiger partial charge in [0, 0.05) is 25.2 Å². The van der Waals surface area contributed by atoms with Gasteiger partial charge in [0.2, 0.25) is 0 Å². The van der Waals surface area contributed by atoms with Crippen LogP contribution in [0.15, 0.2) is 0 Å². The third-order valence-corrected chi connectivity index (χ3v) is 3.48. The predicted octanol–water partition coefficient (Wildman–Crippen LogP) is 3.03. The average Bonchev–Trinajstić information content (AvgIpc) is 3.07. The van der Waals surface area contributed by atoms with E-state index in [1.54, 1.807) is 0 Å². The monoisotopic (exact) mass is 226 g/mol. The number of rotatable bonds is 10. The number of nitrogens with one attached hydrogen (secondary N) is 1. The van der Waals surface area contributed by atoms with Crippen molar-refractivity contribution >= 4 is 0 Å².